The summed E-state index contributed by atoms with van der Waals surface area (Å²) in [6.07, 6.45) is 0. The van der Waals surface area contributed by atoms with Crippen molar-refractivity contribution in [2.24, 2.45) is 0 Å². The molecule has 1 aromatic heterocycles. The molecule has 0 aliphatic carbocycles. The second kappa shape index (κ2) is 5.79. The Kier molecular flexibility index (Phi) is 3.58. The number of halogens is 2. The van der Waals surface area contributed by atoms with E-state index >= 15 is 0 Å². The van der Waals surface area contributed by atoms with E-state index in [1.165, 1.54) is 24.3 Å². The maximum absolute atomic E-state index is 13.2. The van der Waals surface area contributed by atoms with Gasteiger partial charge >= 0.3 is 0 Å². The molecule has 0 saturated carbocycles. The van der Waals surface area contributed by atoms with Crippen LogP contribution in [0.1, 0.15) is 0 Å². The van der Waals surface area contributed by atoms with E-state index in [0.717, 1.165) is 16.5 Å². The second-order valence-corrected chi connectivity index (χ2v) is 5.98. The molecule has 4 nitrogen and oxygen atoms in total. The van der Waals surface area contributed by atoms with Gasteiger partial charge in [0.25, 0.3) is 0 Å². The van der Waals surface area contributed by atoms with E-state index < -0.39 is 11.6 Å². The molecule has 1 heterocycles. The molecule has 0 amide bonds. The van der Waals surface area contributed by atoms with Gasteiger partial charge in [0.2, 0.25) is 0 Å². The predicted octanol–water partition coefficient (Wildman–Crippen LogP) is 5.37. The fourth-order valence-corrected chi connectivity index (χ4v) is 2.85. The molecule has 0 radical (unpaired) electrons. The lowest BCUT2D eigenvalue weighted by atomic mass is 10.0. The lowest BCUT2D eigenvalue weighted by Gasteiger charge is -2.04. The van der Waals surface area contributed by atoms with Crippen LogP contribution in [-0.2, 0) is 0 Å². The third-order valence-electron chi connectivity index (χ3n) is 3.97. The SMILES string of the molecule is Oc1cc(-c2noc3cc(-c4ccc(O)c(Cl)c4)ccc23)ccc1F. The van der Waals surface area contributed by atoms with E-state index in [2.05, 4.69) is 5.16 Å². The molecule has 0 atom stereocenters. The summed E-state index contributed by atoms with van der Waals surface area (Å²) in [7, 11) is 0. The smallest absolute Gasteiger partial charge is 0.168 e. The summed E-state index contributed by atoms with van der Waals surface area (Å²) in [5.41, 5.74) is 3.28. The second-order valence-electron chi connectivity index (χ2n) is 5.57. The average Bonchev–Trinajstić information content (AvgIpc) is 3.03. The highest BCUT2D eigenvalue weighted by Gasteiger charge is 2.13. The molecule has 0 fully saturated rings. The Balaban J connectivity index is 1.81. The number of nitrogens with zero attached hydrogens (tertiary/aromatic N) is 1. The number of hydrogen-bond acceptors (Lipinski definition) is 4. The van der Waals surface area contributed by atoms with Gasteiger partial charge in [-0.3, -0.25) is 0 Å². The Morgan fingerprint density at radius 1 is 0.840 bits per heavy atom. The van der Waals surface area contributed by atoms with Crippen LogP contribution in [-0.4, -0.2) is 15.4 Å². The number of aromatic nitrogens is 1. The minimum Gasteiger partial charge on any atom is -0.506 e. The topological polar surface area (TPSA) is 66.5 Å². The molecule has 0 bridgehead atoms. The first-order valence-corrected chi connectivity index (χ1v) is 7.78. The van der Waals surface area contributed by atoms with E-state index in [4.69, 9.17) is 16.1 Å². The monoisotopic (exact) mass is 355 g/mol. The predicted molar refractivity (Wildman–Crippen MR) is 93.2 cm³/mol. The normalized spacial score (nSPS) is 11.1. The standard InChI is InChI=1S/C19H11ClFNO3/c20-14-7-10(3-6-16(14)23)11-1-4-13-18(9-11)25-22-19(13)12-2-5-15(21)17(24)8-12/h1-9,23-24H. The number of hydrogen-bond donors (Lipinski definition) is 2. The molecule has 25 heavy (non-hydrogen) atoms. The summed E-state index contributed by atoms with van der Waals surface area (Å²) < 4.78 is 18.6. The van der Waals surface area contributed by atoms with Crippen LogP contribution in [0.5, 0.6) is 11.5 Å². The molecule has 124 valence electrons. The Bertz CT molecular complexity index is 1110. The van der Waals surface area contributed by atoms with E-state index in [0.29, 0.717) is 16.8 Å². The highest BCUT2D eigenvalue weighted by atomic mass is 35.5. The molecule has 0 aliphatic rings. The molecule has 0 unspecified atom stereocenters. The molecule has 2 N–H and O–H groups in total. The first kappa shape index (κ1) is 15.5. The highest BCUT2D eigenvalue weighted by molar-refractivity contribution is 6.32. The van der Waals surface area contributed by atoms with Crippen LogP contribution >= 0.6 is 11.6 Å². The van der Waals surface area contributed by atoms with Gasteiger partial charge in [-0.25, -0.2) is 4.39 Å². The van der Waals surface area contributed by atoms with Gasteiger partial charge in [-0.05, 0) is 53.6 Å². The minimum absolute atomic E-state index is 0.0181. The van der Waals surface area contributed by atoms with E-state index in [-0.39, 0.29) is 10.8 Å². The van der Waals surface area contributed by atoms with Crippen LogP contribution in [0, 0.1) is 5.82 Å². The molecule has 0 spiro atoms. The average molecular weight is 356 g/mol. The maximum Gasteiger partial charge on any atom is 0.168 e. The zero-order valence-electron chi connectivity index (χ0n) is 12.7. The molecule has 4 rings (SSSR count). The number of aromatic hydroxyl groups is 2. The molecule has 0 saturated heterocycles. The lowest BCUT2D eigenvalue weighted by molar-refractivity contribution is 0.432. The lowest BCUT2D eigenvalue weighted by Crippen LogP contribution is -1.82. The van der Waals surface area contributed by atoms with Gasteiger partial charge in [0.15, 0.2) is 17.1 Å². The Morgan fingerprint density at radius 3 is 2.32 bits per heavy atom. The van der Waals surface area contributed by atoms with Crippen molar-refractivity contribution in [3.8, 4) is 33.9 Å². The van der Waals surface area contributed by atoms with E-state index in [9.17, 15) is 14.6 Å². The van der Waals surface area contributed by atoms with Gasteiger partial charge in [-0.15, -0.1) is 0 Å². The number of rotatable bonds is 2. The molecular formula is C19H11ClFNO3. The quantitative estimate of drug-likeness (QED) is 0.507. The van der Waals surface area contributed by atoms with E-state index in [1.54, 1.807) is 18.2 Å². The van der Waals surface area contributed by atoms with Gasteiger partial charge in [-0.2, -0.15) is 0 Å². The van der Waals surface area contributed by atoms with Crippen molar-refractivity contribution in [2.75, 3.05) is 0 Å². The largest absolute Gasteiger partial charge is 0.506 e. The van der Waals surface area contributed by atoms with Crippen molar-refractivity contribution >= 4 is 22.6 Å². The van der Waals surface area contributed by atoms with Gasteiger partial charge in [-0.1, -0.05) is 28.9 Å². The first-order chi connectivity index (χ1) is 12.0. The first-order valence-electron chi connectivity index (χ1n) is 7.40. The van der Waals surface area contributed by atoms with Gasteiger partial charge in [0, 0.05) is 10.9 Å². The fraction of sp³-hybridized carbons (Fsp3) is 0. The molecular weight excluding hydrogens is 345 g/mol. The zero-order chi connectivity index (χ0) is 17.6. The highest BCUT2D eigenvalue weighted by Crippen LogP contribution is 2.35. The van der Waals surface area contributed by atoms with Crippen molar-refractivity contribution in [3.63, 3.8) is 0 Å². The van der Waals surface area contributed by atoms with Gasteiger partial charge in [0.05, 0.1) is 5.02 Å². The summed E-state index contributed by atoms with van der Waals surface area (Å²) in [6, 6.07) is 14.4. The summed E-state index contributed by atoms with van der Waals surface area (Å²) in [5.74, 6) is -1.11. The molecule has 4 aromatic rings. The number of phenols is 2. The van der Waals surface area contributed by atoms with Crippen molar-refractivity contribution in [1.29, 1.82) is 0 Å². The van der Waals surface area contributed by atoms with Gasteiger partial charge in [0.1, 0.15) is 11.4 Å². The van der Waals surface area contributed by atoms with Gasteiger partial charge < -0.3 is 14.7 Å². The summed E-state index contributed by atoms with van der Waals surface area (Å²) in [6.45, 7) is 0. The molecule has 3 aromatic carbocycles. The van der Waals surface area contributed by atoms with Crippen molar-refractivity contribution in [2.45, 2.75) is 0 Å². The molecule has 6 heteroatoms. The Morgan fingerprint density at radius 2 is 1.56 bits per heavy atom. The summed E-state index contributed by atoms with van der Waals surface area (Å²) >= 11 is 5.95. The zero-order valence-corrected chi connectivity index (χ0v) is 13.5. The fourth-order valence-electron chi connectivity index (χ4n) is 2.67. The number of phenolic OH excluding ortho intramolecular Hbond substituents is 2. The summed E-state index contributed by atoms with van der Waals surface area (Å²) in [4.78, 5) is 0. The number of fused-ring (bicyclic) bond motifs is 1. The van der Waals surface area contributed by atoms with Crippen molar-refractivity contribution in [3.05, 3.63) is 65.4 Å². The summed E-state index contributed by atoms with van der Waals surface area (Å²) in [5, 5.41) is 24.1. The van der Waals surface area contributed by atoms with Crippen molar-refractivity contribution < 1.29 is 19.1 Å². The Labute approximate surface area is 146 Å². The molecule has 0 aliphatic heterocycles. The van der Waals surface area contributed by atoms with Crippen LogP contribution in [0.15, 0.2) is 59.1 Å². The maximum atomic E-state index is 13.2. The van der Waals surface area contributed by atoms with Crippen LogP contribution in [0.2, 0.25) is 5.02 Å². The third kappa shape index (κ3) is 2.68. The van der Waals surface area contributed by atoms with Crippen molar-refractivity contribution in [1.82, 2.24) is 5.16 Å². The van der Waals surface area contributed by atoms with E-state index in [1.807, 2.05) is 12.1 Å². The van der Waals surface area contributed by atoms with Crippen LogP contribution in [0.3, 0.4) is 0 Å². The third-order valence-corrected chi connectivity index (χ3v) is 4.28. The van der Waals surface area contributed by atoms with Crippen LogP contribution in [0.25, 0.3) is 33.4 Å². The Hall–Kier alpha value is -3.05. The minimum atomic E-state index is -0.692. The van der Waals surface area contributed by atoms with Crippen LogP contribution in [0.4, 0.5) is 4.39 Å². The number of benzene rings is 3. The van der Waals surface area contributed by atoms with Crippen LogP contribution < -0.4 is 0 Å².